The standard InChI is InChI=1S/C12H16N6O.CH4/c1-3-4-7-18-10-9(8-15-17-11(10)19)16-12(18)14-6-5-13-2;/h8,13H,5-7H2,1-2H3,(H,14,16)(H,17,19);1H4. The van der Waals surface area contributed by atoms with Crippen molar-refractivity contribution in [2.75, 3.05) is 25.5 Å². The number of likely N-dealkylation sites (N-methyl/N-ethyl adjacent to an activating group) is 1. The van der Waals surface area contributed by atoms with E-state index in [0.717, 1.165) is 6.54 Å². The third-order valence-corrected chi connectivity index (χ3v) is 2.63. The van der Waals surface area contributed by atoms with Crippen LogP contribution in [0.5, 0.6) is 0 Å². The van der Waals surface area contributed by atoms with Crippen molar-refractivity contribution in [1.29, 1.82) is 0 Å². The van der Waals surface area contributed by atoms with Crippen molar-refractivity contribution in [2.24, 2.45) is 0 Å². The van der Waals surface area contributed by atoms with Crippen molar-refractivity contribution in [2.45, 2.75) is 20.9 Å². The molecule has 2 aromatic rings. The van der Waals surface area contributed by atoms with E-state index in [1.807, 2.05) is 7.05 Å². The smallest absolute Gasteiger partial charge is 0.290 e. The number of imidazole rings is 1. The Hall–Kier alpha value is -2.33. The quantitative estimate of drug-likeness (QED) is 0.544. The molecule has 0 aliphatic rings. The SMILES string of the molecule is C.CC#CCn1c(NCCNC)nc2cn[nH]c(=O)c21. The average Bonchev–Trinajstić information content (AvgIpc) is 2.76. The van der Waals surface area contributed by atoms with Crippen LogP contribution in [0, 0.1) is 11.8 Å². The predicted octanol–water partition coefficient (Wildman–Crippen LogP) is 0.410. The van der Waals surface area contributed by atoms with Gasteiger partial charge in [0, 0.05) is 13.1 Å². The summed E-state index contributed by atoms with van der Waals surface area (Å²) < 4.78 is 1.77. The van der Waals surface area contributed by atoms with E-state index in [0.29, 0.717) is 30.1 Å². The Morgan fingerprint density at radius 2 is 2.25 bits per heavy atom. The molecule has 0 aliphatic carbocycles. The summed E-state index contributed by atoms with van der Waals surface area (Å²) >= 11 is 0. The van der Waals surface area contributed by atoms with Gasteiger partial charge in [-0.2, -0.15) is 5.10 Å². The van der Waals surface area contributed by atoms with Gasteiger partial charge in [-0.05, 0) is 14.0 Å². The molecule has 0 amide bonds. The summed E-state index contributed by atoms with van der Waals surface area (Å²) in [4.78, 5) is 16.2. The van der Waals surface area contributed by atoms with Gasteiger partial charge in [-0.1, -0.05) is 13.3 Å². The molecule has 0 fully saturated rings. The fourth-order valence-electron chi connectivity index (χ4n) is 1.75. The van der Waals surface area contributed by atoms with Crippen LogP contribution >= 0.6 is 0 Å². The van der Waals surface area contributed by atoms with Gasteiger partial charge in [0.25, 0.3) is 5.56 Å². The monoisotopic (exact) mass is 276 g/mol. The van der Waals surface area contributed by atoms with Crippen LogP contribution in [0.3, 0.4) is 0 Å². The van der Waals surface area contributed by atoms with E-state index >= 15 is 0 Å². The number of anilines is 1. The molecule has 0 saturated heterocycles. The molecule has 20 heavy (non-hydrogen) atoms. The first-order valence-corrected chi connectivity index (χ1v) is 6.00. The molecule has 0 aromatic carbocycles. The number of fused-ring (bicyclic) bond motifs is 1. The highest BCUT2D eigenvalue weighted by Gasteiger charge is 2.12. The molecule has 2 rings (SSSR count). The number of hydrogen-bond acceptors (Lipinski definition) is 5. The summed E-state index contributed by atoms with van der Waals surface area (Å²) in [7, 11) is 1.88. The molecular formula is C13H20N6O. The summed E-state index contributed by atoms with van der Waals surface area (Å²) in [5.41, 5.74) is 0.794. The van der Waals surface area contributed by atoms with Gasteiger partial charge >= 0.3 is 0 Å². The predicted molar refractivity (Wildman–Crippen MR) is 80.7 cm³/mol. The summed E-state index contributed by atoms with van der Waals surface area (Å²) in [6.07, 6.45) is 1.54. The van der Waals surface area contributed by atoms with Crippen molar-refractivity contribution in [3.63, 3.8) is 0 Å². The van der Waals surface area contributed by atoms with Crippen molar-refractivity contribution >= 4 is 17.0 Å². The van der Waals surface area contributed by atoms with E-state index in [4.69, 9.17) is 0 Å². The number of aromatic nitrogens is 4. The van der Waals surface area contributed by atoms with Crippen molar-refractivity contribution in [1.82, 2.24) is 25.1 Å². The van der Waals surface area contributed by atoms with Gasteiger partial charge in [-0.3, -0.25) is 9.36 Å². The lowest BCUT2D eigenvalue weighted by molar-refractivity contribution is 0.799. The number of H-pyrrole nitrogens is 1. The Bertz CT molecular complexity index is 675. The van der Waals surface area contributed by atoms with Crippen molar-refractivity contribution < 1.29 is 0 Å². The molecule has 0 bridgehead atoms. The van der Waals surface area contributed by atoms with Crippen LogP contribution < -0.4 is 16.2 Å². The lowest BCUT2D eigenvalue weighted by Crippen LogP contribution is -2.20. The molecule has 0 spiro atoms. The summed E-state index contributed by atoms with van der Waals surface area (Å²) in [5, 5.41) is 12.4. The molecular weight excluding hydrogens is 256 g/mol. The third-order valence-electron chi connectivity index (χ3n) is 2.63. The van der Waals surface area contributed by atoms with Gasteiger partial charge in [0.2, 0.25) is 5.95 Å². The van der Waals surface area contributed by atoms with Gasteiger partial charge in [0.05, 0.1) is 12.7 Å². The van der Waals surface area contributed by atoms with Crippen LogP contribution in [0.2, 0.25) is 0 Å². The summed E-state index contributed by atoms with van der Waals surface area (Å²) in [6, 6.07) is 0. The van der Waals surface area contributed by atoms with E-state index in [1.165, 1.54) is 6.20 Å². The van der Waals surface area contributed by atoms with Crippen LogP contribution in [0.4, 0.5) is 5.95 Å². The van der Waals surface area contributed by atoms with E-state index in [-0.39, 0.29) is 13.0 Å². The fourth-order valence-corrected chi connectivity index (χ4v) is 1.75. The molecule has 7 heteroatoms. The Labute approximate surface area is 117 Å². The van der Waals surface area contributed by atoms with Crippen LogP contribution in [-0.4, -0.2) is 39.9 Å². The van der Waals surface area contributed by atoms with Crippen LogP contribution in [-0.2, 0) is 6.54 Å². The van der Waals surface area contributed by atoms with Crippen molar-refractivity contribution in [3.8, 4) is 11.8 Å². The normalized spacial score (nSPS) is 9.70. The van der Waals surface area contributed by atoms with Crippen LogP contribution in [0.15, 0.2) is 11.0 Å². The molecule has 0 atom stereocenters. The van der Waals surface area contributed by atoms with Crippen LogP contribution in [0.25, 0.3) is 11.0 Å². The third kappa shape index (κ3) is 3.16. The lowest BCUT2D eigenvalue weighted by atomic mass is 10.4. The average molecular weight is 276 g/mol. The van der Waals surface area contributed by atoms with Gasteiger partial charge in [0.1, 0.15) is 11.0 Å². The fraction of sp³-hybridized carbons (Fsp3) is 0.462. The maximum atomic E-state index is 11.8. The maximum Gasteiger partial charge on any atom is 0.290 e. The molecule has 0 saturated carbocycles. The second-order valence-corrected chi connectivity index (χ2v) is 3.91. The van der Waals surface area contributed by atoms with E-state index in [2.05, 4.69) is 37.7 Å². The highest BCUT2D eigenvalue weighted by atomic mass is 16.1. The minimum Gasteiger partial charge on any atom is -0.354 e. The number of rotatable bonds is 5. The summed E-state index contributed by atoms with van der Waals surface area (Å²) in [6.45, 7) is 3.70. The molecule has 108 valence electrons. The molecule has 7 nitrogen and oxygen atoms in total. The zero-order valence-corrected chi connectivity index (χ0v) is 10.9. The second kappa shape index (κ2) is 7.31. The molecule has 0 aliphatic heterocycles. The molecule has 3 N–H and O–H groups in total. The zero-order chi connectivity index (χ0) is 13.7. The first-order valence-electron chi connectivity index (χ1n) is 6.00. The number of aromatic amines is 1. The Kier molecular flexibility index (Phi) is 5.74. The summed E-state index contributed by atoms with van der Waals surface area (Å²) in [5.74, 6) is 6.39. The zero-order valence-electron chi connectivity index (χ0n) is 10.9. The van der Waals surface area contributed by atoms with Crippen LogP contribution in [0.1, 0.15) is 14.4 Å². The number of hydrogen-bond donors (Lipinski definition) is 3. The highest BCUT2D eigenvalue weighted by Crippen LogP contribution is 2.14. The molecule has 0 radical (unpaired) electrons. The Morgan fingerprint density at radius 3 is 2.95 bits per heavy atom. The first-order chi connectivity index (χ1) is 9.27. The Balaban J connectivity index is 0.00000200. The van der Waals surface area contributed by atoms with E-state index < -0.39 is 0 Å². The minimum atomic E-state index is -0.260. The number of nitrogens with zero attached hydrogens (tertiary/aromatic N) is 3. The number of nitrogens with one attached hydrogen (secondary N) is 3. The van der Waals surface area contributed by atoms with Gasteiger partial charge in [-0.25, -0.2) is 10.1 Å². The van der Waals surface area contributed by atoms with E-state index in [1.54, 1.807) is 11.5 Å². The molecule has 2 heterocycles. The minimum absolute atomic E-state index is 0. The first kappa shape index (κ1) is 15.7. The molecule has 0 unspecified atom stereocenters. The highest BCUT2D eigenvalue weighted by molar-refractivity contribution is 5.76. The van der Waals surface area contributed by atoms with Crippen molar-refractivity contribution in [3.05, 3.63) is 16.6 Å². The van der Waals surface area contributed by atoms with E-state index in [9.17, 15) is 4.79 Å². The Morgan fingerprint density at radius 1 is 1.45 bits per heavy atom. The largest absolute Gasteiger partial charge is 0.354 e. The lowest BCUT2D eigenvalue weighted by Gasteiger charge is -2.07. The van der Waals surface area contributed by atoms with Gasteiger partial charge in [0.15, 0.2) is 0 Å². The topological polar surface area (TPSA) is 87.6 Å². The van der Waals surface area contributed by atoms with Gasteiger partial charge < -0.3 is 10.6 Å². The molecule has 2 aromatic heterocycles. The van der Waals surface area contributed by atoms with Gasteiger partial charge in [-0.15, -0.1) is 5.92 Å². The second-order valence-electron chi connectivity index (χ2n) is 3.91. The maximum absolute atomic E-state index is 11.8.